The molecule has 19 heteroatoms. The van der Waals surface area contributed by atoms with Gasteiger partial charge in [0.15, 0.2) is 12.1 Å². The Morgan fingerprint density at radius 3 is 2.46 bits per heavy atom. The van der Waals surface area contributed by atoms with E-state index in [4.69, 9.17) is 9.47 Å². The number of nitrogens with zero attached hydrogens (tertiary/aromatic N) is 1. The molecule has 3 rings (SSSR count). The Bertz CT molecular complexity index is 1170. The molecule has 2 aliphatic rings. The first kappa shape index (κ1) is 28.0. The van der Waals surface area contributed by atoms with E-state index < -0.39 is 82.3 Å². The minimum absolute atomic E-state index is 0.159. The second-order valence-corrected chi connectivity index (χ2v) is 10.8. The molecule has 0 spiro atoms. The number of rotatable bonds is 8. The molecule has 0 aliphatic carbocycles. The number of Topliss-reactive ketones (excluding diaryl/α,β-unsaturated/α-hetero) is 1. The summed E-state index contributed by atoms with van der Waals surface area (Å²) in [4.78, 5) is 56.7. The highest BCUT2D eigenvalue weighted by atomic mass is 31.3. The highest BCUT2D eigenvalue weighted by molar-refractivity contribution is 7.61. The SMILES string of the molecule is Cc1cn([C@H]2C[C@H](O)[C@@H](COP(=O)(O)OP(=O)(O)O[C@H]3O[C@H](C)C(=O)[C@@H](O)[C@H]3O)O2)c(=O)[nH]c1=O. The number of carbonyl (C=O) groups is 1. The van der Waals surface area contributed by atoms with Crippen LogP contribution in [0.1, 0.15) is 25.1 Å². The summed E-state index contributed by atoms with van der Waals surface area (Å²) >= 11 is 0. The molecule has 1 aromatic heterocycles. The highest BCUT2D eigenvalue weighted by Crippen LogP contribution is 2.61. The van der Waals surface area contributed by atoms with Crippen LogP contribution in [-0.4, -0.2) is 83.9 Å². The van der Waals surface area contributed by atoms with Crippen LogP contribution in [0.25, 0.3) is 0 Å². The van der Waals surface area contributed by atoms with E-state index in [2.05, 4.69) is 18.3 Å². The summed E-state index contributed by atoms with van der Waals surface area (Å²) in [7, 11) is -10.8. The van der Waals surface area contributed by atoms with Crippen molar-refractivity contribution in [1.82, 2.24) is 9.55 Å². The number of phosphoric acid groups is 2. The van der Waals surface area contributed by atoms with Crippen molar-refractivity contribution in [1.29, 1.82) is 0 Å². The van der Waals surface area contributed by atoms with Gasteiger partial charge in [0.1, 0.15) is 30.6 Å². The fourth-order valence-electron chi connectivity index (χ4n) is 3.30. The maximum absolute atomic E-state index is 12.1. The molecule has 198 valence electrons. The molecule has 1 aromatic rings. The van der Waals surface area contributed by atoms with Crippen LogP contribution in [0, 0.1) is 6.92 Å². The number of aryl methyl sites for hydroxylation is 1. The number of H-pyrrole nitrogens is 1. The number of hydrogen-bond acceptors (Lipinski definition) is 13. The quantitative estimate of drug-likeness (QED) is 0.189. The Balaban J connectivity index is 1.59. The third kappa shape index (κ3) is 6.60. The molecule has 2 unspecified atom stereocenters. The maximum atomic E-state index is 12.1. The molecule has 9 atom stereocenters. The van der Waals surface area contributed by atoms with Gasteiger partial charge in [0.2, 0.25) is 0 Å². The number of aromatic nitrogens is 2. The molecule has 0 aromatic carbocycles. The molecule has 35 heavy (non-hydrogen) atoms. The molecular weight excluding hydrogens is 522 g/mol. The van der Waals surface area contributed by atoms with Crippen LogP contribution in [-0.2, 0) is 36.8 Å². The predicted molar refractivity (Wildman–Crippen MR) is 110 cm³/mol. The molecular formula is C16H24N2O15P2. The van der Waals surface area contributed by atoms with Gasteiger partial charge < -0.3 is 34.6 Å². The second-order valence-electron chi connectivity index (χ2n) is 7.82. The van der Waals surface area contributed by atoms with Gasteiger partial charge in [-0.25, -0.2) is 13.9 Å². The lowest BCUT2D eigenvalue weighted by molar-refractivity contribution is -0.226. The van der Waals surface area contributed by atoms with Crippen LogP contribution >= 0.6 is 15.6 Å². The van der Waals surface area contributed by atoms with Gasteiger partial charge in [0, 0.05) is 18.2 Å². The molecule has 0 bridgehead atoms. The summed E-state index contributed by atoms with van der Waals surface area (Å²) in [6.45, 7) is 1.76. The molecule has 2 fully saturated rings. The van der Waals surface area contributed by atoms with E-state index in [1.807, 2.05) is 0 Å². The summed E-state index contributed by atoms with van der Waals surface area (Å²) in [5.74, 6) is -0.921. The van der Waals surface area contributed by atoms with Gasteiger partial charge in [-0.15, -0.1) is 0 Å². The van der Waals surface area contributed by atoms with E-state index in [-0.39, 0.29) is 12.0 Å². The number of aliphatic hydroxyl groups excluding tert-OH is 3. The fourth-order valence-corrected chi connectivity index (χ4v) is 5.46. The lowest BCUT2D eigenvalue weighted by Gasteiger charge is -2.34. The second kappa shape index (κ2) is 10.4. The van der Waals surface area contributed by atoms with Crippen LogP contribution in [0.3, 0.4) is 0 Å². The van der Waals surface area contributed by atoms with Gasteiger partial charge in [0.05, 0.1) is 12.7 Å². The van der Waals surface area contributed by atoms with Crippen LogP contribution in [0.2, 0.25) is 0 Å². The molecule has 6 N–H and O–H groups in total. The molecule has 0 saturated carbocycles. The van der Waals surface area contributed by atoms with E-state index >= 15 is 0 Å². The third-order valence-electron chi connectivity index (χ3n) is 5.14. The topological polar surface area (TPSA) is 253 Å². The standard InChI is InChI=1S/C16H24N2O15P2/c1-6-4-18(16(24)17-14(6)23)10-3-8(19)9(31-10)5-29-34(25,26)33-35(27,28)32-15-13(22)12(21)11(20)7(2)30-15/h4,7-10,12-13,15,19,21-22H,3,5H2,1-2H3,(H,25,26)(H,27,28)(H,17,23,24)/t7-,8+,9-,10-,12-,13-,15-/m1/s1. The minimum atomic E-state index is -5.47. The van der Waals surface area contributed by atoms with Crippen molar-refractivity contribution in [2.75, 3.05) is 6.61 Å². The largest absolute Gasteiger partial charge is 0.483 e. The molecule has 2 saturated heterocycles. The lowest BCUT2D eigenvalue weighted by Crippen LogP contribution is -2.54. The maximum Gasteiger partial charge on any atom is 0.483 e. The van der Waals surface area contributed by atoms with Gasteiger partial charge in [0.25, 0.3) is 5.56 Å². The number of carbonyl (C=O) groups excluding carboxylic acids is 1. The van der Waals surface area contributed by atoms with Crippen LogP contribution in [0.15, 0.2) is 15.8 Å². The zero-order valence-corrected chi connectivity index (χ0v) is 20.0. The van der Waals surface area contributed by atoms with E-state index in [0.29, 0.717) is 0 Å². The normalized spacial score (nSPS) is 34.9. The number of hydrogen-bond donors (Lipinski definition) is 6. The number of ether oxygens (including phenoxy) is 2. The van der Waals surface area contributed by atoms with Crippen LogP contribution < -0.4 is 11.2 Å². The number of aliphatic hydroxyl groups is 3. The van der Waals surface area contributed by atoms with E-state index in [9.17, 15) is 48.6 Å². The van der Waals surface area contributed by atoms with Crippen molar-refractivity contribution in [2.45, 2.75) is 63.3 Å². The van der Waals surface area contributed by atoms with Gasteiger partial charge in [-0.2, -0.15) is 4.31 Å². The number of ketones is 1. The smallest absolute Gasteiger partial charge is 0.390 e. The van der Waals surface area contributed by atoms with Gasteiger partial charge in [-0.05, 0) is 13.8 Å². The van der Waals surface area contributed by atoms with Gasteiger partial charge in [-0.1, -0.05) is 0 Å². The van der Waals surface area contributed by atoms with Crippen molar-refractivity contribution < 1.29 is 61.9 Å². The molecule has 17 nitrogen and oxygen atoms in total. The third-order valence-corrected chi connectivity index (χ3v) is 7.74. The Hall–Kier alpha value is -1.59. The first-order valence-electron chi connectivity index (χ1n) is 10.0. The van der Waals surface area contributed by atoms with Crippen molar-refractivity contribution in [3.05, 3.63) is 32.6 Å². The number of nitrogens with one attached hydrogen (secondary N) is 1. The van der Waals surface area contributed by atoms with E-state index in [1.54, 1.807) is 0 Å². The van der Waals surface area contributed by atoms with Crippen molar-refractivity contribution in [2.24, 2.45) is 0 Å². The zero-order valence-electron chi connectivity index (χ0n) is 18.2. The first-order valence-corrected chi connectivity index (χ1v) is 13.0. The lowest BCUT2D eigenvalue weighted by atomic mass is 10.0. The average molecular weight is 546 g/mol. The average Bonchev–Trinajstić information content (AvgIpc) is 3.11. The Morgan fingerprint density at radius 1 is 1.14 bits per heavy atom. The zero-order chi connectivity index (χ0) is 26.3. The summed E-state index contributed by atoms with van der Waals surface area (Å²) < 4.78 is 48.7. The monoisotopic (exact) mass is 546 g/mol. The Labute approximate surface area is 196 Å². The predicted octanol–water partition coefficient (Wildman–Crippen LogP) is -2.22. The molecule has 3 heterocycles. The summed E-state index contributed by atoms with van der Waals surface area (Å²) in [6.07, 6.45) is -10.1. The number of aromatic amines is 1. The van der Waals surface area contributed by atoms with Crippen molar-refractivity contribution in [3.8, 4) is 0 Å². The van der Waals surface area contributed by atoms with Crippen molar-refractivity contribution >= 4 is 21.4 Å². The highest BCUT2D eigenvalue weighted by Gasteiger charge is 2.47. The van der Waals surface area contributed by atoms with E-state index in [0.717, 1.165) is 4.57 Å². The van der Waals surface area contributed by atoms with Gasteiger partial charge >= 0.3 is 21.3 Å². The van der Waals surface area contributed by atoms with E-state index in [1.165, 1.54) is 20.0 Å². The Morgan fingerprint density at radius 2 is 1.80 bits per heavy atom. The number of phosphoric ester groups is 2. The van der Waals surface area contributed by atoms with Crippen molar-refractivity contribution in [3.63, 3.8) is 0 Å². The summed E-state index contributed by atoms with van der Waals surface area (Å²) in [5.41, 5.74) is -1.24. The molecule has 0 amide bonds. The summed E-state index contributed by atoms with van der Waals surface area (Å²) in [5, 5.41) is 29.5. The van der Waals surface area contributed by atoms with Gasteiger partial charge in [-0.3, -0.25) is 28.2 Å². The van der Waals surface area contributed by atoms with Crippen LogP contribution in [0.4, 0.5) is 0 Å². The molecule has 2 aliphatic heterocycles. The van der Waals surface area contributed by atoms with Crippen LogP contribution in [0.5, 0.6) is 0 Å². The minimum Gasteiger partial charge on any atom is -0.390 e. The summed E-state index contributed by atoms with van der Waals surface area (Å²) in [6, 6.07) is 0. The first-order chi connectivity index (χ1) is 16.1. The fraction of sp³-hybridized carbons (Fsp3) is 0.688. The Kier molecular flexibility index (Phi) is 8.33. The molecule has 0 radical (unpaired) electrons.